The van der Waals surface area contributed by atoms with Crippen LogP contribution in [0.4, 0.5) is 10.5 Å². The third-order valence-corrected chi connectivity index (χ3v) is 2.30. The zero-order chi connectivity index (χ0) is 14.6. The van der Waals surface area contributed by atoms with Gasteiger partial charge in [-0.1, -0.05) is 18.2 Å². The van der Waals surface area contributed by atoms with Crippen LogP contribution in [0.15, 0.2) is 24.3 Å². The Morgan fingerprint density at radius 1 is 1.37 bits per heavy atom. The second-order valence-electron chi connectivity index (χ2n) is 5.22. The lowest BCUT2D eigenvalue weighted by molar-refractivity contribution is -0.385. The van der Waals surface area contributed by atoms with E-state index < -0.39 is 16.6 Å². The van der Waals surface area contributed by atoms with E-state index >= 15 is 0 Å². The molecule has 0 saturated heterocycles. The Kier molecular flexibility index (Phi) is 4.47. The predicted molar refractivity (Wildman–Crippen MR) is 70.8 cm³/mol. The van der Waals surface area contributed by atoms with Crippen molar-refractivity contribution in [3.8, 4) is 0 Å². The third kappa shape index (κ3) is 4.57. The number of amides is 1. The van der Waals surface area contributed by atoms with Gasteiger partial charge in [0.25, 0.3) is 5.69 Å². The molecule has 6 nitrogen and oxygen atoms in total. The first kappa shape index (κ1) is 14.9. The summed E-state index contributed by atoms with van der Waals surface area (Å²) < 4.78 is 5.19. The number of hydrogen-bond acceptors (Lipinski definition) is 4. The molecule has 0 fully saturated rings. The summed E-state index contributed by atoms with van der Waals surface area (Å²) in [5.74, 6) is 0. The van der Waals surface area contributed by atoms with E-state index in [-0.39, 0.29) is 12.2 Å². The van der Waals surface area contributed by atoms with Gasteiger partial charge in [0.15, 0.2) is 0 Å². The highest BCUT2D eigenvalue weighted by Crippen LogP contribution is 2.20. The van der Waals surface area contributed by atoms with Gasteiger partial charge in [-0.05, 0) is 20.8 Å². The van der Waals surface area contributed by atoms with Crippen molar-refractivity contribution in [1.82, 2.24) is 4.90 Å². The summed E-state index contributed by atoms with van der Waals surface area (Å²) in [6.07, 6.45) is -0.509. The van der Waals surface area contributed by atoms with Crippen molar-refractivity contribution in [2.45, 2.75) is 32.9 Å². The van der Waals surface area contributed by atoms with Crippen LogP contribution in [0.25, 0.3) is 0 Å². The van der Waals surface area contributed by atoms with E-state index in [1.807, 2.05) is 0 Å². The number of nitro benzene ring substituents is 1. The Bertz CT molecular complexity index is 480. The first-order valence-electron chi connectivity index (χ1n) is 5.87. The second-order valence-corrected chi connectivity index (χ2v) is 5.22. The van der Waals surface area contributed by atoms with E-state index in [1.165, 1.54) is 11.0 Å². The number of carbonyl (C=O) groups excluding carboxylic acids is 1. The molecule has 0 bridgehead atoms. The fraction of sp³-hybridized carbons (Fsp3) is 0.462. The molecule has 0 spiro atoms. The molecule has 0 atom stereocenters. The smallest absolute Gasteiger partial charge is 0.410 e. The molecule has 1 rings (SSSR count). The van der Waals surface area contributed by atoms with Crippen LogP contribution in [-0.2, 0) is 11.3 Å². The van der Waals surface area contributed by atoms with Gasteiger partial charge in [-0.15, -0.1) is 0 Å². The van der Waals surface area contributed by atoms with Crippen molar-refractivity contribution in [2.75, 3.05) is 7.05 Å². The number of nitro groups is 1. The number of rotatable bonds is 3. The lowest BCUT2D eigenvalue weighted by atomic mass is 10.1. The zero-order valence-corrected chi connectivity index (χ0v) is 11.5. The summed E-state index contributed by atoms with van der Waals surface area (Å²) in [5, 5.41) is 10.9. The van der Waals surface area contributed by atoms with Gasteiger partial charge in [-0.25, -0.2) is 4.79 Å². The predicted octanol–water partition coefficient (Wildman–Crippen LogP) is 2.96. The largest absolute Gasteiger partial charge is 0.444 e. The van der Waals surface area contributed by atoms with Crippen LogP contribution in [-0.4, -0.2) is 28.6 Å². The molecule has 0 unspecified atom stereocenters. The highest BCUT2D eigenvalue weighted by atomic mass is 16.6. The Hall–Kier alpha value is -2.11. The van der Waals surface area contributed by atoms with E-state index in [0.717, 1.165) is 0 Å². The molecule has 0 radical (unpaired) electrons. The van der Waals surface area contributed by atoms with Gasteiger partial charge in [0, 0.05) is 18.7 Å². The summed E-state index contributed by atoms with van der Waals surface area (Å²) >= 11 is 0. The minimum absolute atomic E-state index is 0.00194. The van der Waals surface area contributed by atoms with Crippen LogP contribution in [0.1, 0.15) is 26.3 Å². The van der Waals surface area contributed by atoms with Crippen LogP contribution >= 0.6 is 0 Å². The second kappa shape index (κ2) is 5.69. The number of nitrogens with zero attached hydrogens (tertiary/aromatic N) is 2. The standard InChI is InChI=1S/C13H18N2O4/c1-13(2,3)19-12(16)14(4)9-10-7-5-6-8-11(10)15(17)18/h5-8H,9H2,1-4H3. The molecule has 0 N–H and O–H groups in total. The number of para-hydroxylation sites is 1. The van der Waals surface area contributed by atoms with Crippen molar-refractivity contribution >= 4 is 11.8 Å². The SMILES string of the molecule is CN(Cc1ccccc1[N+](=O)[O-])C(=O)OC(C)(C)C. The Morgan fingerprint density at radius 3 is 2.47 bits per heavy atom. The van der Waals surface area contributed by atoms with Crippen LogP contribution in [0, 0.1) is 10.1 Å². The van der Waals surface area contributed by atoms with Gasteiger partial charge in [0.1, 0.15) is 5.60 Å². The molecular weight excluding hydrogens is 248 g/mol. The van der Waals surface area contributed by atoms with Crippen LogP contribution in [0.3, 0.4) is 0 Å². The van der Waals surface area contributed by atoms with Crippen molar-refractivity contribution < 1.29 is 14.5 Å². The van der Waals surface area contributed by atoms with E-state index in [0.29, 0.717) is 5.56 Å². The minimum atomic E-state index is -0.589. The zero-order valence-electron chi connectivity index (χ0n) is 11.5. The molecule has 104 valence electrons. The van der Waals surface area contributed by atoms with Gasteiger partial charge >= 0.3 is 6.09 Å². The monoisotopic (exact) mass is 266 g/mol. The van der Waals surface area contributed by atoms with E-state index in [9.17, 15) is 14.9 Å². The molecule has 0 heterocycles. The van der Waals surface area contributed by atoms with Crippen molar-refractivity contribution in [2.24, 2.45) is 0 Å². The van der Waals surface area contributed by atoms with E-state index in [4.69, 9.17) is 4.74 Å². The summed E-state index contributed by atoms with van der Waals surface area (Å²) in [6.45, 7) is 5.43. The normalized spacial score (nSPS) is 10.9. The van der Waals surface area contributed by atoms with Gasteiger partial charge in [0.05, 0.1) is 11.5 Å². The highest BCUT2D eigenvalue weighted by Gasteiger charge is 2.21. The molecule has 1 aromatic carbocycles. The molecule has 6 heteroatoms. The molecule has 0 aromatic heterocycles. The van der Waals surface area contributed by atoms with Crippen LogP contribution in [0.5, 0.6) is 0 Å². The Balaban J connectivity index is 2.80. The summed E-state index contributed by atoms with van der Waals surface area (Å²) in [6, 6.07) is 6.33. The number of benzene rings is 1. The molecule has 1 amide bonds. The lowest BCUT2D eigenvalue weighted by Gasteiger charge is -2.24. The maximum Gasteiger partial charge on any atom is 0.410 e. The maximum atomic E-state index is 11.8. The van der Waals surface area contributed by atoms with Gasteiger partial charge in [0.2, 0.25) is 0 Å². The maximum absolute atomic E-state index is 11.8. The summed E-state index contributed by atoms with van der Waals surface area (Å²) in [4.78, 5) is 23.5. The lowest BCUT2D eigenvalue weighted by Crippen LogP contribution is -2.33. The average Bonchev–Trinajstić information content (AvgIpc) is 2.27. The molecule has 0 saturated carbocycles. The molecule has 0 aliphatic heterocycles. The molecule has 0 aliphatic rings. The highest BCUT2D eigenvalue weighted by molar-refractivity contribution is 5.68. The van der Waals surface area contributed by atoms with Crippen molar-refractivity contribution in [3.05, 3.63) is 39.9 Å². The average molecular weight is 266 g/mol. The van der Waals surface area contributed by atoms with Crippen LogP contribution in [0.2, 0.25) is 0 Å². The molecular formula is C13H18N2O4. The minimum Gasteiger partial charge on any atom is -0.444 e. The fourth-order valence-electron chi connectivity index (χ4n) is 1.48. The van der Waals surface area contributed by atoms with E-state index in [2.05, 4.69) is 0 Å². The fourth-order valence-corrected chi connectivity index (χ4v) is 1.48. The number of ether oxygens (including phenoxy) is 1. The van der Waals surface area contributed by atoms with Crippen LogP contribution < -0.4 is 0 Å². The number of hydrogen-bond donors (Lipinski definition) is 0. The topological polar surface area (TPSA) is 72.7 Å². The van der Waals surface area contributed by atoms with Crippen molar-refractivity contribution in [3.63, 3.8) is 0 Å². The van der Waals surface area contributed by atoms with Gasteiger partial charge in [-0.2, -0.15) is 0 Å². The van der Waals surface area contributed by atoms with E-state index in [1.54, 1.807) is 46.0 Å². The van der Waals surface area contributed by atoms with Gasteiger partial charge in [-0.3, -0.25) is 10.1 Å². The Labute approximate surface area is 112 Å². The van der Waals surface area contributed by atoms with Crippen molar-refractivity contribution in [1.29, 1.82) is 0 Å². The Morgan fingerprint density at radius 2 is 1.95 bits per heavy atom. The van der Waals surface area contributed by atoms with Gasteiger partial charge < -0.3 is 9.64 Å². The quantitative estimate of drug-likeness (QED) is 0.622. The molecule has 1 aromatic rings. The third-order valence-electron chi connectivity index (χ3n) is 2.30. The summed E-state index contributed by atoms with van der Waals surface area (Å²) in [5.41, 5.74) is -0.118. The first-order chi connectivity index (χ1) is 8.70. The summed E-state index contributed by atoms with van der Waals surface area (Å²) in [7, 11) is 1.55. The molecule has 19 heavy (non-hydrogen) atoms. The molecule has 0 aliphatic carbocycles. The first-order valence-corrected chi connectivity index (χ1v) is 5.87. The number of carbonyl (C=O) groups is 1.